The minimum atomic E-state index is -0.594. The Morgan fingerprint density at radius 3 is 2.86 bits per heavy atom. The summed E-state index contributed by atoms with van der Waals surface area (Å²) in [4.78, 5) is 3.97. The second-order valence-electron chi connectivity index (χ2n) is 4.18. The van der Waals surface area contributed by atoms with E-state index >= 15 is 0 Å². The first-order valence-corrected chi connectivity index (χ1v) is 6.29. The second-order valence-corrected chi connectivity index (χ2v) is 4.59. The van der Waals surface area contributed by atoms with Crippen LogP contribution >= 0.6 is 11.6 Å². The summed E-state index contributed by atoms with van der Waals surface area (Å²) in [6, 6.07) is 7.67. The summed E-state index contributed by atoms with van der Waals surface area (Å²) >= 11 is 6.05. The van der Waals surface area contributed by atoms with E-state index in [1.807, 2.05) is 0 Å². The van der Waals surface area contributed by atoms with Crippen molar-refractivity contribution in [2.45, 2.75) is 0 Å². The Morgan fingerprint density at radius 1 is 1.29 bits per heavy atom. The lowest BCUT2D eigenvalue weighted by molar-refractivity contribution is 0.624. The molecule has 0 atom stereocenters. The molecule has 3 rings (SSSR count). The monoisotopic (exact) mass is 299 g/mol. The molecule has 21 heavy (non-hydrogen) atoms. The smallest absolute Gasteiger partial charge is 0.141 e. The fourth-order valence-electron chi connectivity index (χ4n) is 1.82. The van der Waals surface area contributed by atoms with Crippen molar-refractivity contribution in [2.24, 2.45) is 0 Å². The number of nitriles is 1. The number of pyridine rings is 1. The summed E-state index contributed by atoms with van der Waals surface area (Å²) in [6.07, 6.45) is 4.74. The maximum atomic E-state index is 13.6. The first-order valence-electron chi connectivity index (χ1n) is 5.91. The van der Waals surface area contributed by atoms with Gasteiger partial charge in [0.2, 0.25) is 0 Å². The Kier molecular flexibility index (Phi) is 3.34. The predicted octanol–water partition coefficient (Wildman–Crippen LogP) is 2.99. The van der Waals surface area contributed by atoms with Gasteiger partial charge in [0, 0.05) is 11.8 Å². The van der Waals surface area contributed by atoms with E-state index in [9.17, 15) is 4.39 Å². The fourth-order valence-corrected chi connectivity index (χ4v) is 2.01. The van der Waals surface area contributed by atoms with Crippen molar-refractivity contribution >= 4 is 11.6 Å². The summed E-state index contributed by atoms with van der Waals surface area (Å²) in [5, 5.41) is 17.1. The number of rotatable bonds is 2. The lowest BCUT2D eigenvalue weighted by atomic mass is 10.1. The van der Waals surface area contributed by atoms with Crippen molar-refractivity contribution in [2.75, 3.05) is 0 Å². The molecule has 2 aromatic heterocycles. The minimum absolute atomic E-state index is 0.0126. The lowest BCUT2D eigenvalue weighted by Gasteiger charge is -2.01. The highest BCUT2D eigenvalue weighted by molar-refractivity contribution is 6.32. The molecule has 0 N–H and O–H groups in total. The molecule has 0 aliphatic carbocycles. The van der Waals surface area contributed by atoms with E-state index in [0.717, 1.165) is 0 Å². The van der Waals surface area contributed by atoms with Crippen LogP contribution in [0.2, 0.25) is 5.02 Å². The van der Waals surface area contributed by atoms with Crippen molar-refractivity contribution in [1.82, 2.24) is 20.0 Å². The highest BCUT2D eigenvalue weighted by Crippen LogP contribution is 2.22. The molecule has 0 spiro atoms. The second kappa shape index (κ2) is 5.31. The van der Waals surface area contributed by atoms with Gasteiger partial charge in [-0.1, -0.05) is 22.9 Å². The molecule has 0 aliphatic rings. The van der Waals surface area contributed by atoms with Crippen molar-refractivity contribution in [3.05, 3.63) is 59.3 Å². The highest BCUT2D eigenvalue weighted by Gasteiger charge is 2.10. The highest BCUT2D eigenvalue weighted by atomic mass is 35.5. The zero-order valence-electron chi connectivity index (χ0n) is 10.5. The molecule has 102 valence electrons. The van der Waals surface area contributed by atoms with Gasteiger partial charge in [0.15, 0.2) is 0 Å². The Bertz CT molecular complexity index is 853. The molecule has 0 amide bonds. The summed E-state index contributed by atoms with van der Waals surface area (Å²) in [6.45, 7) is 0. The largest absolute Gasteiger partial charge is 0.262 e. The Morgan fingerprint density at radius 2 is 2.14 bits per heavy atom. The number of nitrogens with zero attached hydrogens (tertiary/aromatic N) is 5. The van der Waals surface area contributed by atoms with Crippen LogP contribution in [0.4, 0.5) is 4.39 Å². The quantitative estimate of drug-likeness (QED) is 0.729. The van der Waals surface area contributed by atoms with Gasteiger partial charge in [-0.05, 0) is 18.2 Å². The van der Waals surface area contributed by atoms with E-state index in [1.54, 1.807) is 36.8 Å². The van der Waals surface area contributed by atoms with Crippen LogP contribution in [0.3, 0.4) is 0 Å². The summed E-state index contributed by atoms with van der Waals surface area (Å²) < 4.78 is 15.1. The zero-order chi connectivity index (χ0) is 14.8. The zero-order valence-corrected chi connectivity index (χ0v) is 11.3. The molecular formula is C14H7ClFN5. The topological polar surface area (TPSA) is 67.4 Å². The van der Waals surface area contributed by atoms with Crippen molar-refractivity contribution in [1.29, 1.82) is 5.26 Å². The van der Waals surface area contributed by atoms with E-state index in [4.69, 9.17) is 16.9 Å². The molecule has 2 heterocycles. The minimum Gasteiger partial charge on any atom is -0.262 e. The van der Waals surface area contributed by atoms with E-state index in [2.05, 4.69) is 15.3 Å². The van der Waals surface area contributed by atoms with Gasteiger partial charge >= 0.3 is 0 Å². The van der Waals surface area contributed by atoms with Gasteiger partial charge in [0.05, 0.1) is 23.0 Å². The third-order valence-electron chi connectivity index (χ3n) is 2.87. The molecule has 5 nitrogen and oxygen atoms in total. The average Bonchev–Trinajstić information content (AvgIpc) is 2.97. The van der Waals surface area contributed by atoms with Crippen LogP contribution in [-0.2, 0) is 0 Å². The van der Waals surface area contributed by atoms with Crippen LogP contribution in [0, 0.1) is 17.1 Å². The van der Waals surface area contributed by atoms with Crippen LogP contribution < -0.4 is 0 Å². The van der Waals surface area contributed by atoms with Crippen LogP contribution in [0.5, 0.6) is 0 Å². The maximum absolute atomic E-state index is 13.6. The predicted molar refractivity (Wildman–Crippen MR) is 74.3 cm³/mol. The molecule has 0 radical (unpaired) electrons. The van der Waals surface area contributed by atoms with Gasteiger partial charge < -0.3 is 0 Å². The van der Waals surface area contributed by atoms with Crippen molar-refractivity contribution in [3.63, 3.8) is 0 Å². The molecule has 0 fully saturated rings. The summed E-state index contributed by atoms with van der Waals surface area (Å²) in [5.41, 5.74) is 1.56. The average molecular weight is 300 g/mol. The van der Waals surface area contributed by atoms with Crippen molar-refractivity contribution < 1.29 is 4.39 Å². The number of hydrogen-bond acceptors (Lipinski definition) is 4. The third kappa shape index (κ3) is 2.47. The Hall–Kier alpha value is -2.78. The van der Waals surface area contributed by atoms with Gasteiger partial charge in [0.25, 0.3) is 0 Å². The first kappa shape index (κ1) is 13.2. The van der Waals surface area contributed by atoms with Gasteiger partial charge in [0.1, 0.15) is 23.3 Å². The normalized spacial score (nSPS) is 10.3. The molecular weight excluding hydrogens is 293 g/mol. The number of halogens is 2. The third-order valence-corrected chi connectivity index (χ3v) is 3.19. The van der Waals surface area contributed by atoms with Crippen LogP contribution in [0.25, 0.3) is 16.9 Å². The van der Waals surface area contributed by atoms with E-state index in [-0.39, 0.29) is 5.56 Å². The number of aromatic nitrogens is 4. The molecule has 0 bridgehead atoms. The molecule has 7 heteroatoms. The summed E-state index contributed by atoms with van der Waals surface area (Å²) in [5.74, 6) is -0.594. The number of benzene rings is 1. The first-order chi connectivity index (χ1) is 10.2. The summed E-state index contributed by atoms with van der Waals surface area (Å²) in [7, 11) is 0. The fraction of sp³-hybridized carbons (Fsp3) is 0. The van der Waals surface area contributed by atoms with E-state index < -0.39 is 5.82 Å². The van der Waals surface area contributed by atoms with Crippen molar-refractivity contribution in [3.8, 4) is 23.0 Å². The SMILES string of the molecule is N#Cc1ccc(-c2cn(-c3cnccc3Cl)nn2)cc1F. The van der Waals surface area contributed by atoms with Gasteiger partial charge in [-0.3, -0.25) is 4.98 Å². The number of hydrogen-bond donors (Lipinski definition) is 0. The van der Waals surface area contributed by atoms with Crippen LogP contribution in [0.1, 0.15) is 5.56 Å². The molecule has 0 unspecified atom stereocenters. The Labute approximate surface area is 124 Å². The molecule has 0 saturated carbocycles. The maximum Gasteiger partial charge on any atom is 0.141 e. The van der Waals surface area contributed by atoms with E-state index in [1.165, 1.54) is 16.8 Å². The standard InChI is InChI=1S/C14H7ClFN5/c15-11-3-4-18-7-14(11)21-8-13(19-20-21)9-1-2-10(6-17)12(16)5-9/h1-5,7-8H. The van der Waals surface area contributed by atoms with Gasteiger partial charge in [-0.15, -0.1) is 5.10 Å². The molecule has 0 aliphatic heterocycles. The van der Waals surface area contributed by atoms with Gasteiger partial charge in [-0.2, -0.15) is 5.26 Å². The molecule has 0 saturated heterocycles. The lowest BCUT2D eigenvalue weighted by Crippen LogP contribution is -1.96. The van der Waals surface area contributed by atoms with E-state index in [0.29, 0.717) is 22.0 Å². The Balaban J connectivity index is 2.01. The van der Waals surface area contributed by atoms with Crippen LogP contribution in [0.15, 0.2) is 42.9 Å². The molecule has 1 aromatic carbocycles. The molecule has 3 aromatic rings. The van der Waals surface area contributed by atoms with Crippen LogP contribution in [-0.4, -0.2) is 20.0 Å². The van der Waals surface area contributed by atoms with Gasteiger partial charge in [-0.25, -0.2) is 9.07 Å².